The van der Waals surface area contributed by atoms with Crippen LogP contribution in [0.1, 0.15) is 33.8 Å². The first-order valence-electron chi connectivity index (χ1n) is 16.1. The number of hydrogen-bond donors (Lipinski definition) is 3. The van der Waals surface area contributed by atoms with Crippen LogP contribution in [0.15, 0.2) is 57.7 Å². The van der Waals surface area contributed by atoms with Crippen molar-refractivity contribution in [2.75, 3.05) is 63.5 Å². The van der Waals surface area contributed by atoms with Crippen molar-refractivity contribution < 1.29 is 29.0 Å². The molecule has 3 N–H and O–H groups in total. The molecule has 0 saturated carbocycles. The van der Waals surface area contributed by atoms with Gasteiger partial charge < -0.3 is 19.6 Å². The lowest BCUT2D eigenvalue weighted by Gasteiger charge is -2.35. The molecule has 4 aliphatic heterocycles. The Labute approximate surface area is 328 Å². The number of anilines is 6. The summed E-state index contributed by atoms with van der Waals surface area (Å²) in [4.78, 5) is 73.4. The summed E-state index contributed by atoms with van der Waals surface area (Å²) in [6.45, 7) is 2.87. The van der Waals surface area contributed by atoms with Crippen LogP contribution in [-0.4, -0.2) is 94.4 Å². The van der Waals surface area contributed by atoms with E-state index >= 15 is 0 Å². The Balaban J connectivity index is 0.000000164. The number of urea groups is 2. The lowest BCUT2D eigenvalue weighted by Crippen LogP contribution is -2.48. The molecule has 2 saturated heterocycles. The Hall–Kier alpha value is -4.78. The van der Waals surface area contributed by atoms with Crippen LogP contribution in [0.4, 0.5) is 44.2 Å². The molecule has 4 aliphatic rings. The lowest BCUT2D eigenvalue weighted by molar-refractivity contribution is 0.0593. The van der Waals surface area contributed by atoms with Gasteiger partial charge in [0.25, 0.3) is 0 Å². The van der Waals surface area contributed by atoms with E-state index in [2.05, 4.69) is 72.2 Å². The number of nitrogens with zero attached hydrogens (tertiary/aromatic N) is 8. The second kappa shape index (κ2) is 14.9. The molecule has 8 heterocycles. The van der Waals surface area contributed by atoms with E-state index in [1.54, 1.807) is 53.7 Å². The highest BCUT2D eigenvalue weighted by Crippen LogP contribution is 2.42. The smallest absolute Gasteiger partial charge is 0.358 e. The summed E-state index contributed by atoms with van der Waals surface area (Å²) in [5.41, 5.74) is 1.09. The molecular weight excluding hydrogens is 863 g/mol. The number of hydrogen-bond acceptors (Lipinski definition) is 11. The van der Waals surface area contributed by atoms with Gasteiger partial charge in [0.15, 0.2) is 23.0 Å². The number of amides is 4. The van der Waals surface area contributed by atoms with Gasteiger partial charge in [-0.1, -0.05) is 55.1 Å². The quantitative estimate of drug-likeness (QED) is 0.189. The van der Waals surface area contributed by atoms with Crippen LogP contribution in [0.5, 0.6) is 0 Å². The van der Waals surface area contributed by atoms with E-state index in [4.69, 9.17) is 27.9 Å². The van der Waals surface area contributed by atoms with Crippen LogP contribution >= 0.6 is 55.1 Å². The average molecular weight is 891 g/mol. The summed E-state index contributed by atoms with van der Waals surface area (Å²) < 4.78 is 6.33. The third-order valence-electron chi connectivity index (χ3n) is 9.00. The van der Waals surface area contributed by atoms with E-state index in [9.17, 15) is 24.3 Å². The van der Waals surface area contributed by atoms with Crippen molar-refractivity contribution in [3.05, 3.63) is 79.2 Å². The number of carbonyl (C=O) groups is 4. The predicted molar refractivity (Wildman–Crippen MR) is 205 cm³/mol. The maximum Gasteiger partial charge on any atom is 0.358 e. The molecule has 4 aromatic rings. The minimum Gasteiger partial charge on any atom is -0.476 e. The summed E-state index contributed by atoms with van der Waals surface area (Å²) in [5.74, 6) is -0.393. The molecule has 274 valence electrons. The van der Waals surface area contributed by atoms with Gasteiger partial charge >= 0.3 is 24.0 Å². The maximum absolute atomic E-state index is 13.0. The SMILES string of the molecule is COC(=O)c1nc2c(cc1Cl)N1CC[C@@H](C1)N2C(=O)Nc1cc(Br)ccn1.O=C(O)c1nc2c(cc1Cl)N1CC[C@@H](C1)N2C(=O)Nc1cc(Br)ccn1. The molecule has 16 nitrogen and oxygen atoms in total. The molecular formula is C33H28Br2Cl2N10O6. The molecule has 4 bridgehead atoms. The average Bonchev–Trinajstić information content (AvgIpc) is 3.74. The molecule has 0 spiro atoms. The third kappa shape index (κ3) is 7.27. The zero-order chi connectivity index (χ0) is 37.6. The fourth-order valence-electron chi connectivity index (χ4n) is 6.65. The van der Waals surface area contributed by atoms with Crippen LogP contribution in [0.3, 0.4) is 0 Å². The summed E-state index contributed by atoms with van der Waals surface area (Å²) in [5, 5.41) is 15.1. The van der Waals surface area contributed by atoms with Crippen LogP contribution in [0.25, 0.3) is 0 Å². The van der Waals surface area contributed by atoms with Gasteiger partial charge in [0.1, 0.15) is 11.6 Å². The van der Waals surface area contributed by atoms with E-state index in [1.807, 2.05) is 0 Å². The number of fused-ring (bicyclic) bond motifs is 8. The maximum atomic E-state index is 13.0. The molecule has 4 aromatic heterocycles. The van der Waals surface area contributed by atoms with Gasteiger partial charge in [-0.15, -0.1) is 0 Å². The van der Waals surface area contributed by atoms with Gasteiger partial charge in [-0.3, -0.25) is 20.4 Å². The number of carbonyl (C=O) groups excluding carboxylic acids is 3. The second-order valence-corrected chi connectivity index (χ2v) is 14.9. The zero-order valence-electron chi connectivity index (χ0n) is 27.6. The molecule has 8 rings (SSSR count). The highest BCUT2D eigenvalue weighted by molar-refractivity contribution is 9.10. The van der Waals surface area contributed by atoms with Crippen LogP contribution in [0, 0.1) is 0 Å². The molecule has 0 aromatic carbocycles. The summed E-state index contributed by atoms with van der Waals surface area (Å²) >= 11 is 19.0. The van der Waals surface area contributed by atoms with E-state index < -0.39 is 18.0 Å². The largest absolute Gasteiger partial charge is 0.476 e. The van der Waals surface area contributed by atoms with E-state index in [0.717, 1.165) is 40.6 Å². The summed E-state index contributed by atoms with van der Waals surface area (Å²) in [7, 11) is 1.26. The van der Waals surface area contributed by atoms with Crippen LogP contribution in [-0.2, 0) is 4.74 Å². The Kier molecular flexibility index (Phi) is 10.3. The monoisotopic (exact) mass is 888 g/mol. The third-order valence-corrected chi connectivity index (χ3v) is 10.6. The lowest BCUT2D eigenvalue weighted by atomic mass is 10.1. The van der Waals surface area contributed by atoms with E-state index in [1.165, 1.54) is 12.0 Å². The van der Waals surface area contributed by atoms with Gasteiger partial charge in [-0.05, 0) is 49.2 Å². The predicted octanol–water partition coefficient (Wildman–Crippen LogP) is 6.53. The number of rotatable bonds is 4. The number of halogens is 4. The van der Waals surface area contributed by atoms with Crippen molar-refractivity contribution in [1.29, 1.82) is 0 Å². The molecule has 2 atom stereocenters. The van der Waals surface area contributed by atoms with Crippen molar-refractivity contribution in [2.45, 2.75) is 24.9 Å². The van der Waals surface area contributed by atoms with Crippen molar-refractivity contribution in [3.8, 4) is 0 Å². The van der Waals surface area contributed by atoms with Crippen molar-refractivity contribution in [2.24, 2.45) is 0 Å². The zero-order valence-corrected chi connectivity index (χ0v) is 32.3. The number of carboxylic acid groups (broad SMARTS) is 1. The summed E-state index contributed by atoms with van der Waals surface area (Å²) in [6.07, 6.45) is 4.72. The first kappa shape index (κ1) is 36.6. The number of aromatic nitrogens is 4. The number of pyridine rings is 4. The second-order valence-electron chi connectivity index (χ2n) is 12.2. The van der Waals surface area contributed by atoms with Gasteiger partial charge in [-0.25, -0.2) is 39.1 Å². The van der Waals surface area contributed by atoms with Crippen LogP contribution < -0.4 is 30.2 Å². The van der Waals surface area contributed by atoms with Crippen molar-refractivity contribution in [1.82, 2.24) is 19.9 Å². The van der Waals surface area contributed by atoms with Gasteiger partial charge in [0.2, 0.25) is 0 Å². The van der Waals surface area contributed by atoms with Gasteiger partial charge in [0.05, 0.1) is 40.6 Å². The fourth-order valence-corrected chi connectivity index (χ4v) is 7.77. The number of aromatic carboxylic acids is 1. The van der Waals surface area contributed by atoms with E-state index in [-0.39, 0.29) is 39.5 Å². The molecule has 2 fully saturated rings. The number of ether oxygens (including phenoxy) is 1. The number of nitrogens with one attached hydrogen (secondary N) is 2. The van der Waals surface area contributed by atoms with Gasteiger partial charge in [-0.2, -0.15) is 0 Å². The Morgan fingerprint density at radius 1 is 0.774 bits per heavy atom. The molecule has 53 heavy (non-hydrogen) atoms. The first-order valence-corrected chi connectivity index (χ1v) is 18.4. The topological polar surface area (TPSA) is 186 Å². The molecule has 20 heteroatoms. The Bertz CT molecular complexity index is 2170. The number of methoxy groups -OCH3 is 1. The highest BCUT2D eigenvalue weighted by atomic mass is 79.9. The minimum atomic E-state index is -1.24. The minimum absolute atomic E-state index is 0.0150. The Morgan fingerprint density at radius 2 is 1.23 bits per heavy atom. The molecule has 0 aliphatic carbocycles. The number of carboxylic acids is 1. The number of esters is 1. The first-order chi connectivity index (χ1) is 25.4. The van der Waals surface area contributed by atoms with Crippen LogP contribution in [0.2, 0.25) is 10.0 Å². The Morgan fingerprint density at radius 3 is 1.66 bits per heavy atom. The highest BCUT2D eigenvalue weighted by Gasteiger charge is 2.43. The molecule has 0 radical (unpaired) electrons. The molecule has 0 unspecified atom stereocenters. The van der Waals surface area contributed by atoms with Crippen molar-refractivity contribution >= 4 is 114 Å². The van der Waals surface area contributed by atoms with Crippen molar-refractivity contribution in [3.63, 3.8) is 0 Å². The standard InChI is InChI=1S/C17H15BrClN5O3.C16H13BrClN5O3/c1-27-16(25)14-11(19)7-12-15(22-14)24(10-3-5-23(12)8-10)17(26)21-13-6-9(18)2-4-20-13;17-8-1-3-19-12(5-8)20-16(26)23-9-2-4-22(7-9)11-6-10(18)13(15(24)25)21-14(11)23/h2,4,6-7,10H,3,5,8H2,1H3,(H,20,21,26);1,3,5-6,9H,2,4,7H2,(H,24,25)(H,19,20,26)/t10-;9-/m00/s1. The summed E-state index contributed by atoms with van der Waals surface area (Å²) in [6, 6.07) is 9.22. The fraction of sp³-hybridized carbons (Fsp3) is 0.273. The molecule has 4 amide bonds. The normalized spacial score (nSPS) is 17.7. The van der Waals surface area contributed by atoms with E-state index in [0.29, 0.717) is 42.0 Å². The van der Waals surface area contributed by atoms with Gasteiger partial charge in [0, 0.05) is 47.5 Å².